The molecule has 0 spiro atoms. The van der Waals surface area contributed by atoms with Crippen molar-refractivity contribution in [2.45, 2.75) is 0 Å². The normalized spacial score (nSPS) is 11.5. The van der Waals surface area contributed by atoms with Crippen LogP contribution in [0.15, 0.2) is 152 Å². The molecular weight excluding hydrogens is 595 g/mol. The molecule has 7 aromatic carbocycles. The highest BCUT2D eigenvalue weighted by atomic mass is 32.1. The Morgan fingerprint density at radius 3 is 1.39 bits per heavy atom. The van der Waals surface area contributed by atoms with Crippen molar-refractivity contribution in [2.24, 2.45) is 0 Å². The lowest BCUT2D eigenvalue weighted by atomic mass is 9.84. The molecule has 214 valence electrons. The lowest BCUT2D eigenvalue weighted by molar-refractivity contribution is 1.48. The number of nitrogens with zero attached hydrogens (tertiary/aromatic N) is 1. The summed E-state index contributed by atoms with van der Waals surface area (Å²) < 4.78 is 5.19. The maximum atomic E-state index is 9.61. The fourth-order valence-corrected chi connectivity index (χ4v) is 8.88. The highest BCUT2D eigenvalue weighted by Crippen LogP contribution is 2.46. The smallest absolute Gasteiger partial charge is 0.0991 e. The number of nitriles is 1. The molecule has 0 N–H and O–H groups in total. The van der Waals surface area contributed by atoms with E-state index >= 15 is 0 Å². The van der Waals surface area contributed by atoms with Crippen LogP contribution in [0, 0.1) is 11.3 Å². The van der Waals surface area contributed by atoms with Gasteiger partial charge in [0, 0.05) is 40.3 Å². The van der Waals surface area contributed by atoms with Crippen molar-refractivity contribution in [1.82, 2.24) is 0 Å². The zero-order valence-corrected chi connectivity index (χ0v) is 26.3. The van der Waals surface area contributed by atoms with Crippen LogP contribution in [0.2, 0.25) is 0 Å². The molecule has 1 nitrogen and oxygen atoms in total. The number of hydrogen-bond acceptors (Lipinski definition) is 3. The van der Waals surface area contributed by atoms with E-state index in [0.717, 1.165) is 5.56 Å². The molecule has 0 atom stereocenters. The van der Waals surface area contributed by atoms with E-state index in [4.69, 9.17) is 0 Å². The van der Waals surface area contributed by atoms with Gasteiger partial charge in [0.15, 0.2) is 0 Å². The van der Waals surface area contributed by atoms with E-state index in [-0.39, 0.29) is 0 Å². The second-order valence-corrected chi connectivity index (χ2v) is 13.8. The first-order valence-electron chi connectivity index (χ1n) is 15.3. The summed E-state index contributed by atoms with van der Waals surface area (Å²) in [6.07, 6.45) is 0. The Kier molecular flexibility index (Phi) is 6.31. The number of hydrogen-bond donors (Lipinski definition) is 0. The predicted molar refractivity (Wildman–Crippen MR) is 199 cm³/mol. The highest BCUT2D eigenvalue weighted by molar-refractivity contribution is 7.26. The molecule has 0 aliphatic carbocycles. The molecule has 0 saturated heterocycles. The predicted octanol–water partition coefficient (Wildman–Crippen LogP) is 13.0. The Hall–Kier alpha value is -5.53. The zero-order chi connectivity index (χ0) is 30.6. The van der Waals surface area contributed by atoms with Crippen molar-refractivity contribution < 1.29 is 0 Å². The molecule has 2 aromatic heterocycles. The van der Waals surface area contributed by atoms with Gasteiger partial charge < -0.3 is 0 Å². The molecule has 46 heavy (non-hydrogen) atoms. The molecule has 9 aromatic rings. The van der Waals surface area contributed by atoms with Gasteiger partial charge >= 0.3 is 0 Å². The standard InChI is InChI=1S/C43H25NS2/c44-26-27-14-16-29(17-15-27)43-35(30-18-20-41-37(22-30)33-10-4-6-12-39(33)45-41)24-32(28-8-2-1-3-9-28)25-36(43)31-19-21-42-38(23-31)34-11-5-7-13-40(34)46-42/h1-25H. The van der Waals surface area contributed by atoms with Gasteiger partial charge in [-0.3, -0.25) is 0 Å². The summed E-state index contributed by atoms with van der Waals surface area (Å²) in [5.41, 5.74) is 9.98. The van der Waals surface area contributed by atoms with Crippen molar-refractivity contribution in [1.29, 1.82) is 5.26 Å². The summed E-state index contributed by atoms with van der Waals surface area (Å²) in [5.74, 6) is 0. The van der Waals surface area contributed by atoms with Crippen LogP contribution >= 0.6 is 22.7 Å². The third kappa shape index (κ3) is 4.43. The van der Waals surface area contributed by atoms with Crippen LogP contribution in [0.4, 0.5) is 0 Å². The Morgan fingerprint density at radius 1 is 0.370 bits per heavy atom. The Bertz CT molecular complexity index is 2500. The van der Waals surface area contributed by atoms with Crippen molar-refractivity contribution >= 4 is 63.0 Å². The van der Waals surface area contributed by atoms with E-state index in [9.17, 15) is 5.26 Å². The molecule has 0 aliphatic rings. The van der Waals surface area contributed by atoms with Gasteiger partial charge in [0.2, 0.25) is 0 Å². The fourth-order valence-electron chi connectivity index (χ4n) is 6.70. The monoisotopic (exact) mass is 619 g/mol. The van der Waals surface area contributed by atoms with E-state index < -0.39 is 0 Å². The van der Waals surface area contributed by atoms with Gasteiger partial charge in [-0.05, 0) is 105 Å². The maximum absolute atomic E-state index is 9.61. The van der Waals surface area contributed by atoms with Crippen molar-refractivity contribution in [3.8, 4) is 50.6 Å². The van der Waals surface area contributed by atoms with Crippen LogP contribution in [-0.2, 0) is 0 Å². The summed E-state index contributed by atoms with van der Waals surface area (Å²) in [6.45, 7) is 0. The Labute approximate surface area is 274 Å². The largest absolute Gasteiger partial charge is 0.192 e. The summed E-state index contributed by atoms with van der Waals surface area (Å²) in [6, 6.07) is 56.9. The SMILES string of the molecule is N#Cc1ccc(-c2c(-c3ccc4sc5ccccc5c4c3)cc(-c3ccccc3)cc2-c2ccc3sc4ccccc4c3c2)cc1. The molecule has 3 heteroatoms. The van der Waals surface area contributed by atoms with Crippen LogP contribution in [-0.4, -0.2) is 0 Å². The van der Waals surface area contributed by atoms with Crippen LogP contribution in [0.25, 0.3) is 84.9 Å². The van der Waals surface area contributed by atoms with Gasteiger partial charge in [0.1, 0.15) is 0 Å². The molecule has 0 bridgehead atoms. The minimum absolute atomic E-state index is 0.657. The van der Waals surface area contributed by atoms with E-state index in [1.165, 1.54) is 79.3 Å². The minimum Gasteiger partial charge on any atom is -0.192 e. The van der Waals surface area contributed by atoms with E-state index in [2.05, 4.69) is 146 Å². The third-order valence-electron chi connectivity index (χ3n) is 8.92. The van der Waals surface area contributed by atoms with Gasteiger partial charge in [-0.1, -0.05) is 91.0 Å². The lowest BCUT2D eigenvalue weighted by Gasteiger charge is -2.19. The zero-order valence-electron chi connectivity index (χ0n) is 24.7. The van der Waals surface area contributed by atoms with Crippen LogP contribution < -0.4 is 0 Å². The number of rotatable bonds is 4. The summed E-state index contributed by atoms with van der Waals surface area (Å²) in [7, 11) is 0. The molecule has 2 heterocycles. The van der Waals surface area contributed by atoms with Crippen LogP contribution in [0.5, 0.6) is 0 Å². The van der Waals surface area contributed by atoms with Gasteiger partial charge in [-0.2, -0.15) is 5.26 Å². The summed E-state index contributed by atoms with van der Waals surface area (Å²) in [4.78, 5) is 0. The quantitative estimate of drug-likeness (QED) is 0.192. The molecule has 0 fully saturated rings. The van der Waals surface area contributed by atoms with E-state index in [1.54, 1.807) is 0 Å². The topological polar surface area (TPSA) is 23.8 Å². The Balaban J connectivity index is 1.38. The maximum Gasteiger partial charge on any atom is 0.0991 e. The third-order valence-corrected chi connectivity index (χ3v) is 11.2. The van der Waals surface area contributed by atoms with E-state index in [1.807, 2.05) is 34.8 Å². The van der Waals surface area contributed by atoms with Gasteiger partial charge in [-0.25, -0.2) is 0 Å². The van der Waals surface area contributed by atoms with Crippen LogP contribution in [0.3, 0.4) is 0 Å². The lowest BCUT2D eigenvalue weighted by Crippen LogP contribution is -1.93. The minimum atomic E-state index is 0.657. The second kappa shape index (κ2) is 10.8. The molecule has 0 amide bonds. The van der Waals surface area contributed by atoms with Crippen molar-refractivity contribution in [3.63, 3.8) is 0 Å². The molecular formula is C43H25NS2. The van der Waals surface area contributed by atoms with Gasteiger partial charge in [0.05, 0.1) is 11.6 Å². The number of fused-ring (bicyclic) bond motifs is 6. The van der Waals surface area contributed by atoms with Crippen LogP contribution in [0.1, 0.15) is 5.56 Å². The number of benzene rings is 7. The molecule has 9 rings (SSSR count). The first-order chi connectivity index (χ1) is 22.7. The molecule has 0 aliphatic heterocycles. The molecule has 0 radical (unpaired) electrons. The average Bonchev–Trinajstić information content (AvgIpc) is 3.69. The molecule has 0 saturated carbocycles. The van der Waals surface area contributed by atoms with Crippen molar-refractivity contribution in [2.75, 3.05) is 0 Å². The van der Waals surface area contributed by atoms with Gasteiger partial charge in [-0.15, -0.1) is 22.7 Å². The van der Waals surface area contributed by atoms with E-state index in [0.29, 0.717) is 5.56 Å². The highest BCUT2D eigenvalue weighted by Gasteiger charge is 2.19. The summed E-state index contributed by atoms with van der Waals surface area (Å²) in [5, 5.41) is 14.8. The molecule has 0 unspecified atom stereocenters. The first kappa shape index (κ1) is 26.8. The summed E-state index contributed by atoms with van der Waals surface area (Å²) >= 11 is 3.69. The number of thiophene rings is 2. The average molecular weight is 620 g/mol. The Morgan fingerprint density at radius 2 is 0.848 bits per heavy atom. The van der Waals surface area contributed by atoms with Gasteiger partial charge in [0.25, 0.3) is 0 Å². The van der Waals surface area contributed by atoms with Crippen molar-refractivity contribution in [3.05, 3.63) is 157 Å². The second-order valence-electron chi connectivity index (χ2n) is 11.6. The first-order valence-corrected chi connectivity index (χ1v) is 16.9. The fraction of sp³-hybridized carbons (Fsp3) is 0.